The zero-order chi connectivity index (χ0) is 17.2. The Kier molecular flexibility index (Phi) is 4.70. The summed E-state index contributed by atoms with van der Waals surface area (Å²) in [6.45, 7) is 4.05. The van der Waals surface area contributed by atoms with E-state index in [1.54, 1.807) is 18.3 Å². The molecule has 2 aliphatic heterocycles. The molecule has 3 heterocycles. The van der Waals surface area contributed by atoms with E-state index in [2.05, 4.69) is 9.97 Å². The summed E-state index contributed by atoms with van der Waals surface area (Å²) in [6, 6.07) is 5.44. The van der Waals surface area contributed by atoms with Crippen molar-refractivity contribution in [3.63, 3.8) is 0 Å². The van der Waals surface area contributed by atoms with Crippen molar-refractivity contribution in [2.75, 3.05) is 50.9 Å². The molecule has 8 heteroatoms. The molecule has 2 fully saturated rings. The molecule has 0 N–H and O–H groups in total. The standard InChI is InChI=1S/C17H19ClN4O3/c18-12-1-2-13-14(9-12)19-10-16(20-13)22-5-8-25-15(11-22)17(23)21-3-6-24-7-4-21/h1-2,9-10,15H,3-8,11H2. The van der Waals surface area contributed by atoms with Crippen molar-refractivity contribution >= 4 is 34.4 Å². The first-order chi connectivity index (χ1) is 12.2. The van der Waals surface area contributed by atoms with Gasteiger partial charge in [0.2, 0.25) is 0 Å². The molecule has 0 radical (unpaired) electrons. The number of morpholine rings is 2. The van der Waals surface area contributed by atoms with Gasteiger partial charge in [-0.3, -0.25) is 9.78 Å². The first-order valence-electron chi connectivity index (χ1n) is 8.36. The molecule has 0 saturated carbocycles. The van der Waals surface area contributed by atoms with Crippen LogP contribution in [0.25, 0.3) is 11.0 Å². The highest BCUT2D eigenvalue weighted by atomic mass is 35.5. The molecule has 1 atom stereocenters. The molecule has 1 unspecified atom stereocenters. The molecule has 7 nitrogen and oxygen atoms in total. The van der Waals surface area contributed by atoms with E-state index < -0.39 is 6.10 Å². The van der Waals surface area contributed by atoms with Crippen LogP contribution in [-0.4, -0.2) is 72.9 Å². The maximum atomic E-state index is 12.6. The zero-order valence-corrected chi connectivity index (χ0v) is 14.5. The lowest BCUT2D eigenvalue weighted by Crippen LogP contribution is -2.53. The molecule has 2 aromatic rings. The van der Waals surface area contributed by atoms with Crippen molar-refractivity contribution in [3.05, 3.63) is 29.4 Å². The van der Waals surface area contributed by atoms with Crippen LogP contribution in [0.5, 0.6) is 0 Å². The number of nitrogens with zero attached hydrogens (tertiary/aromatic N) is 4. The predicted octanol–water partition coefficient (Wildman–Crippen LogP) is 1.35. The first kappa shape index (κ1) is 16.5. The largest absolute Gasteiger partial charge is 0.378 e. The van der Waals surface area contributed by atoms with E-state index >= 15 is 0 Å². The molecule has 0 spiro atoms. The van der Waals surface area contributed by atoms with Gasteiger partial charge in [0.1, 0.15) is 5.82 Å². The molecule has 25 heavy (non-hydrogen) atoms. The van der Waals surface area contributed by atoms with Gasteiger partial charge in [-0.15, -0.1) is 0 Å². The third-order valence-corrected chi connectivity index (χ3v) is 4.72. The molecule has 4 rings (SSSR count). The molecule has 0 aliphatic carbocycles. The quantitative estimate of drug-likeness (QED) is 0.803. The van der Waals surface area contributed by atoms with Crippen LogP contribution >= 0.6 is 11.6 Å². The van der Waals surface area contributed by atoms with Gasteiger partial charge in [-0.25, -0.2) is 4.98 Å². The molecular formula is C17H19ClN4O3. The van der Waals surface area contributed by atoms with Crippen LogP contribution in [0.4, 0.5) is 5.82 Å². The van der Waals surface area contributed by atoms with Crippen LogP contribution in [0.2, 0.25) is 5.02 Å². The van der Waals surface area contributed by atoms with Gasteiger partial charge in [-0.2, -0.15) is 0 Å². The number of benzene rings is 1. The molecule has 1 amide bonds. The summed E-state index contributed by atoms with van der Waals surface area (Å²) >= 11 is 5.99. The van der Waals surface area contributed by atoms with Crippen LogP contribution in [-0.2, 0) is 14.3 Å². The second-order valence-corrected chi connectivity index (χ2v) is 6.54. The van der Waals surface area contributed by atoms with Gasteiger partial charge in [0.05, 0.1) is 43.6 Å². The van der Waals surface area contributed by atoms with E-state index in [4.69, 9.17) is 21.1 Å². The van der Waals surface area contributed by atoms with E-state index in [9.17, 15) is 4.79 Å². The summed E-state index contributed by atoms with van der Waals surface area (Å²) in [5, 5.41) is 0.636. The van der Waals surface area contributed by atoms with E-state index in [0.29, 0.717) is 51.0 Å². The van der Waals surface area contributed by atoms with E-state index in [0.717, 1.165) is 16.9 Å². The van der Waals surface area contributed by atoms with Crippen LogP contribution in [0.15, 0.2) is 24.4 Å². The zero-order valence-electron chi connectivity index (χ0n) is 13.7. The Balaban J connectivity index is 1.50. The Bertz CT molecular complexity index is 782. The summed E-state index contributed by atoms with van der Waals surface area (Å²) in [4.78, 5) is 25.6. The fourth-order valence-corrected chi connectivity index (χ4v) is 3.29. The van der Waals surface area contributed by atoms with Crippen molar-refractivity contribution in [3.8, 4) is 0 Å². The fraction of sp³-hybridized carbons (Fsp3) is 0.471. The fourth-order valence-electron chi connectivity index (χ4n) is 3.12. The maximum Gasteiger partial charge on any atom is 0.253 e. The molecular weight excluding hydrogens is 344 g/mol. The SMILES string of the molecule is O=C(C1CN(c2cnc3cc(Cl)ccc3n2)CCO1)N1CCOCC1. The lowest BCUT2D eigenvalue weighted by Gasteiger charge is -2.36. The minimum Gasteiger partial charge on any atom is -0.378 e. The Labute approximate surface area is 150 Å². The number of hydrogen-bond acceptors (Lipinski definition) is 6. The van der Waals surface area contributed by atoms with Gasteiger partial charge in [0, 0.05) is 24.7 Å². The van der Waals surface area contributed by atoms with Crippen LogP contribution < -0.4 is 4.90 Å². The number of anilines is 1. The Morgan fingerprint density at radius 2 is 2.00 bits per heavy atom. The highest BCUT2D eigenvalue weighted by Crippen LogP contribution is 2.21. The number of carbonyl (C=O) groups is 1. The predicted molar refractivity (Wildman–Crippen MR) is 93.9 cm³/mol. The molecule has 2 aliphatic rings. The van der Waals surface area contributed by atoms with Crippen molar-refractivity contribution in [1.82, 2.24) is 14.9 Å². The Hall–Kier alpha value is -1.96. The van der Waals surface area contributed by atoms with Crippen molar-refractivity contribution in [2.45, 2.75) is 6.10 Å². The monoisotopic (exact) mass is 362 g/mol. The van der Waals surface area contributed by atoms with Gasteiger partial charge in [-0.05, 0) is 18.2 Å². The van der Waals surface area contributed by atoms with Gasteiger partial charge < -0.3 is 19.3 Å². The summed E-state index contributed by atoms with van der Waals surface area (Å²) in [7, 11) is 0. The van der Waals surface area contributed by atoms with Gasteiger partial charge >= 0.3 is 0 Å². The number of rotatable bonds is 2. The van der Waals surface area contributed by atoms with E-state index in [1.165, 1.54) is 0 Å². The number of fused-ring (bicyclic) bond motifs is 1. The number of hydrogen-bond donors (Lipinski definition) is 0. The van der Waals surface area contributed by atoms with Crippen LogP contribution in [0.1, 0.15) is 0 Å². The average molecular weight is 363 g/mol. The lowest BCUT2D eigenvalue weighted by atomic mass is 10.2. The first-order valence-corrected chi connectivity index (χ1v) is 8.74. The van der Waals surface area contributed by atoms with Crippen LogP contribution in [0.3, 0.4) is 0 Å². The second kappa shape index (κ2) is 7.11. The Morgan fingerprint density at radius 1 is 1.16 bits per heavy atom. The summed E-state index contributed by atoms with van der Waals surface area (Å²) < 4.78 is 11.0. The summed E-state index contributed by atoms with van der Waals surface area (Å²) in [6.07, 6.45) is 1.25. The summed E-state index contributed by atoms with van der Waals surface area (Å²) in [5.41, 5.74) is 1.54. The summed E-state index contributed by atoms with van der Waals surface area (Å²) in [5.74, 6) is 0.770. The van der Waals surface area contributed by atoms with Crippen LogP contribution in [0, 0.1) is 0 Å². The molecule has 1 aromatic heterocycles. The van der Waals surface area contributed by atoms with Crippen molar-refractivity contribution in [2.24, 2.45) is 0 Å². The highest BCUT2D eigenvalue weighted by Gasteiger charge is 2.31. The van der Waals surface area contributed by atoms with Gasteiger partial charge in [0.15, 0.2) is 6.10 Å². The minimum absolute atomic E-state index is 0.0218. The minimum atomic E-state index is -0.477. The topological polar surface area (TPSA) is 67.8 Å². The van der Waals surface area contributed by atoms with Gasteiger partial charge in [0.25, 0.3) is 5.91 Å². The molecule has 132 valence electrons. The molecule has 1 aromatic carbocycles. The smallest absolute Gasteiger partial charge is 0.253 e. The number of halogens is 1. The number of ether oxygens (including phenoxy) is 2. The molecule has 2 saturated heterocycles. The normalized spacial score (nSPS) is 21.6. The number of carbonyl (C=O) groups excluding carboxylic acids is 1. The number of aromatic nitrogens is 2. The molecule has 0 bridgehead atoms. The maximum absolute atomic E-state index is 12.6. The second-order valence-electron chi connectivity index (χ2n) is 6.10. The van der Waals surface area contributed by atoms with E-state index in [-0.39, 0.29) is 5.91 Å². The van der Waals surface area contributed by atoms with Gasteiger partial charge in [-0.1, -0.05) is 11.6 Å². The van der Waals surface area contributed by atoms with E-state index in [1.807, 2.05) is 15.9 Å². The third-order valence-electron chi connectivity index (χ3n) is 4.48. The Morgan fingerprint density at radius 3 is 2.84 bits per heavy atom. The average Bonchev–Trinajstić information content (AvgIpc) is 2.68. The third kappa shape index (κ3) is 3.53. The van der Waals surface area contributed by atoms with Crippen molar-refractivity contribution in [1.29, 1.82) is 0 Å². The lowest BCUT2D eigenvalue weighted by molar-refractivity contribution is -0.148. The van der Waals surface area contributed by atoms with Crippen molar-refractivity contribution < 1.29 is 14.3 Å². The highest BCUT2D eigenvalue weighted by molar-refractivity contribution is 6.31. The number of amides is 1.